The van der Waals surface area contributed by atoms with E-state index in [0.29, 0.717) is 4.77 Å². The summed E-state index contributed by atoms with van der Waals surface area (Å²) in [5.41, 5.74) is -0.266. The number of hydrogen-bond donors (Lipinski definition) is 2. The second-order valence-electron chi connectivity index (χ2n) is 1.43. The standard InChI is InChI=1S/C3H5N3OS/c1-6-3(8)4-2(7)5-6/h1H3,(H2,4,5,7,8). The molecule has 0 fully saturated rings. The summed E-state index contributed by atoms with van der Waals surface area (Å²) < 4.78 is 1.85. The molecule has 5 heteroatoms. The van der Waals surface area contributed by atoms with E-state index in [9.17, 15) is 4.79 Å². The second kappa shape index (κ2) is 1.59. The highest BCUT2D eigenvalue weighted by molar-refractivity contribution is 7.71. The Hall–Kier alpha value is -0.840. The van der Waals surface area contributed by atoms with Gasteiger partial charge in [0.1, 0.15) is 0 Å². The van der Waals surface area contributed by atoms with E-state index in [0.717, 1.165) is 0 Å². The third kappa shape index (κ3) is 0.717. The summed E-state index contributed by atoms with van der Waals surface area (Å²) in [6, 6.07) is 0. The van der Waals surface area contributed by atoms with Gasteiger partial charge in [-0.05, 0) is 12.2 Å². The maximum atomic E-state index is 10.3. The van der Waals surface area contributed by atoms with Crippen LogP contribution in [0.5, 0.6) is 0 Å². The predicted molar refractivity (Wildman–Crippen MR) is 31.2 cm³/mol. The lowest BCUT2D eigenvalue weighted by Crippen LogP contribution is -2.03. The van der Waals surface area contributed by atoms with Gasteiger partial charge < -0.3 is 0 Å². The lowest BCUT2D eigenvalue weighted by Gasteiger charge is -1.79. The van der Waals surface area contributed by atoms with Gasteiger partial charge in [0, 0.05) is 7.05 Å². The van der Waals surface area contributed by atoms with Crippen molar-refractivity contribution in [2.45, 2.75) is 0 Å². The van der Waals surface area contributed by atoms with Gasteiger partial charge in [0.05, 0.1) is 0 Å². The Morgan fingerprint density at radius 2 is 2.38 bits per heavy atom. The van der Waals surface area contributed by atoms with E-state index in [1.54, 1.807) is 7.05 Å². The monoisotopic (exact) mass is 131 g/mol. The molecule has 0 aliphatic carbocycles. The van der Waals surface area contributed by atoms with Crippen LogP contribution in [-0.4, -0.2) is 14.8 Å². The van der Waals surface area contributed by atoms with Crippen molar-refractivity contribution in [2.75, 3.05) is 0 Å². The summed E-state index contributed by atoms with van der Waals surface area (Å²) in [5, 5.41) is 2.41. The number of hydrogen-bond acceptors (Lipinski definition) is 2. The van der Waals surface area contributed by atoms with E-state index in [4.69, 9.17) is 0 Å². The maximum Gasteiger partial charge on any atom is 0.339 e. The Morgan fingerprint density at radius 1 is 1.75 bits per heavy atom. The molecule has 0 saturated carbocycles. The Kier molecular flexibility index (Phi) is 1.05. The average Bonchev–Trinajstić information content (AvgIpc) is 1.85. The van der Waals surface area contributed by atoms with Crippen LogP contribution in [0.2, 0.25) is 0 Å². The number of H-pyrrole nitrogens is 2. The molecular formula is C3H5N3OS. The Labute approximate surface area is 50.1 Å². The van der Waals surface area contributed by atoms with Crippen molar-refractivity contribution in [3.63, 3.8) is 0 Å². The SMILES string of the molecule is Cn1[nH]c(=O)[nH]c1=S. The van der Waals surface area contributed by atoms with Crippen molar-refractivity contribution in [1.82, 2.24) is 14.8 Å². The maximum absolute atomic E-state index is 10.3. The van der Waals surface area contributed by atoms with Gasteiger partial charge in [-0.3, -0.25) is 9.67 Å². The number of aryl methyl sites for hydroxylation is 1. The Bertz CT molecular complexity index is 279. The first kappa shape index (κ1) is 5.30. The summed E-state index contributed by atoms with van der Waals surface area (Å²) in [5.74, 6) is 0. The zero-order chi connectivity index (χ0) is 6.15. The molecule has 1 aromatic heterocycles. The first-order chi connectivity index (χ1) is 3.70. The molecule has 2 N–H and O–H groups in total. The summed E-state index contributed by atoms with van der Waals surface area (Å²) in [4.78, 5) is 12.7. The van der Waals surface area contributed by atoms with Gasteiger partial charge in [-0.2, -0.15) is 0 Å². The van der Waals surface area contributed by atoms with Crippen LogP contribution in [0.25, 0.3) is 0 Å². The molecule has 0 aliphatic rings. The molecule has 0 saturated heterocycles. The molecule has 0 amide bonds. The number of aromatic amines is 2. The zero-order valence-electron chi connectivity index (χ0n) is 4.26. The number of nitrogens with one attached hydrogen (secondary N) is 2. The average molecular weight is 131 g/mol. The van der Waals surface area contributed by atoms with Crippen LogP contribution < -0.4 is 5.69 Å². The van der Waals surface area contributed by atoms with Crippen molar-refractivity contribution in [3.05, 3.63) is 15.3 Å². The quantitative estimate of drug-likeness (QED) is 0.478. The van der Waals surface area contributed by atoms with Crippen LogP contribution in [0.1, 0.15) is 0 Å². The number of rotatable bonds is 0. The summed E-state index contributed by atoms with van der Waals surface area (Å²) >= 11 is 4.65. The molecule has 0 spiro atoms. The van der Waals surface area contributed by atoms with Crippen molar-refractivity contribution >= 4 is 12.2 Å². The molecule has 0 radical (unpaired) electrons. The van der Waals surface area contributed by atoms with Crippen LogP contribution in [0.15, 0.2) is 4.79 Å². The van der Waals surface area contributed by atoms with Gasteiger partial charge >= 0.3 is 5.69 Å². The van der Waals surface area contributed by atoms with Crippen molar-refractivity contribution < 1.29 is 0 Å². The molecule has 8 heavy (non-hydrogen) atoms. The molecule has 4 nitrogen and oxygen atoms in total. The molecule has 0 aliphatic heterocycles. The minimum atomic E-state index is -0.266. The third-order valence-corrected chi connectivity index (χ3v) is 1.17. The normalized spacial score (nSPS) is 9.62. The van der Waals surface area contributed by atoms with Crippen LogP contribution in [0, 0.1) is 4.77 Å². The highest BCUT2D eigenvalue weighted by Crippen LogP contribution is 1.70. The molecule has 1 aromatic rings. The molecule has 44 valence electrons. The summed E-state index contributed by atoms with van der Waals surface area (Å²) in [7, 11) is 1.67. The minimum Gasteiger partial charge on any atom is -0.282 e. The Morgan fingerprint density at radius 3 is 2.50 bits per heavy atom. The fourth-order valence-electron chi connectivity index (χ4n) is 0.412. The van der Waals surface area contributed by atoms with Gasteiger partial charge in [0.2, 0.25) is 0 Å². The van der Waals surface area contributed by atoms with Crippen molar-refractivity contribution in [1.29, 1.82) is 0 Å². The molecule has 1 heterocycles. The van der Waals surface area contributed by atoms with Gasteiger partial charge in [0.15, 0.2) is 4.77 Å². The van der Waals surface area contributed by atoms with E-state index >= 15 is 0 Å². The van der Waals surface area contributed by atoms with E-state index in [1.165, 1.54) is 4.68 Å². The number of aromatic nitrogens is 3. The van der Waals surface area contributed by atoms with Gasteiger partial charge in [0.25, 0.3) is 0 Å². The topological polar surface area (TPSA) is 53.6 Å². The predicted octanol–water partition coefficient (Wildman–Crippen LogP) is -0.229. The molecule has 0 atom stereocenters. The highest BCUT2D eigenvalue weighted by Gasteiger charge is 1.84. The lowest BCUT2D eigenvalue weighted by molar-refractivity contribution is 0.745. The molecular weight excluding hydrogens is 126 g/mol. The summed E-state index contributed by atoms with van der Waals surface area (Å²) in [6.07, 6.45) is 0. The summed E-state index contributed by atoms with van der Waals surface area (Å²) in [6.45, 7) is 0. The van der Waals surface area contributed by atoms with Gasteiger partial charge in [-0.1, -0.05) is 0 Å². The lowest BCUT2D eigenvalue weighted by atomic mass is 11.2. The molecule has 0 bridgehead atoms. The van der Waals surface area contributed by atoms with Crippen LogP contribution in [0.3, 0.4) is 0 Å². The van der Waals surface area contributed by atoms with Crippen molar-refractivity contribution in [2.24, 2.45) is 7.05 Å². The van der Waals surface area contributed by atoms with Crippen LogP contribution in [0.4, 0.5) is 0 Å². The minimum absolute atomic E-state index is 0.266. The largest absolute Gasteiger partial charge is 0.339 e. The van der Waals surface area contributed by atoms with E-state index in [-0.39, 0.29) is 5.69 Å². The Balaban J connectivity index is 3.59. The smallest absolute Gasteiger partial charge is 0.282 e. The fourth-order valence-corrected chi connectivity index (χ4v) is 0.550. The fraction of sp³-hybridized carbons (Fsp3) is 0.333. The first-order valence-corrected chi connectivity index (χ1v) is 2.46. The number of nitrogens with zero attached hydrogens (tertiary/aromatic N) is 1. The van der Waals surface area contributed by atoms with Crippen LogP contribution >= 0.6 is 12.2 Å². The van der Waals surface area contributed by atoms with Crippen LogP contribution in [-0.2, 0) is 7.05 Å². The van der Waals surface area contributed by atoms with E-state index < -0.39 is 0 Å². The molecule has 0 aromatic carbocycles. The third-order valence-electron chi connectivity index (χ3n) is 0.794. The molecule has 1 rings (SSSR count). The van der Waals surface area contributed by atoms with Gasteiger partial charge in [-0.25, -0.2) is 9.89 Å². The zero-order valence-corrected chi connectivity index (χ0v) is 5.08. The van der Waals surface area contributed by atoms with E-state index in [2.05, 4.69) is 22.3 Å². The van der Waals surface area contributed by atoms with Gasteiger partial charge in [-0.15, -0.1) is 0 Å². The highest BCUT2D eigenvalue weighted by atomic mass is 32.1. The first-order valence-electron chi connectivity index (χ1n) is 2.05. The van der Waals surface area contributed by atoms with E-state index in [1.807, 2.05) is 0 Å². The second-order valence-corrected chi connectivity index (χ2v) is 1.82. The molecule has 0 unspecified atom stereocenters. The van der Waals surface area contributed by atoms with Crippen molar-refractivity contribution in [3.8, 4) is 0 Å².